The minimum absolute atomic E-state index is 0.0445. The molecule has 0 N–H and O–H groups in total. The maximum absolute atomic E-state index is 12.1. The Morgan fingerprint density at radius 2 is 1.78 bits per heavy atom. The summed E-state index contributed by atoms with van der Waals surface area (Å²) in [6, 6.07) is 6.32. The fraction of sp³-hybridized carbons (Fsp3) is 0.500. The van der Waals surface area contributed by atoms with Gasteiger partial charge in [-0.1, -0.05) is 18.2 Å². The Labute approximate surface area is 133 Å². The van der Waals surface area contributed by atoms with Gasteiger partial charge in [0.1, 0.15) is 0 Å². The number of methoxy groups -OCH3 is 2. The molecule has 124 valence electrons. The Balaban J connectivity index is 2.41. The molecule has 1 aliphatic carbocycles. The number of rotatable bonds is 4. The van der Waals surface area contributed by atoms with Gasteiger partial charge >= 0.3 is 11.9 Å². The number of para-hydroxylation sites is 1. The number of benzene rings is 1. The van der Waals surface area contributed by atoms with Gasteiger partial charge in [-0.05, 0) is 19.3 Å². The second kappa shape index (κ2) is 7.21. The fourth-order valence-corrected chi connectivity index (χ4v) is 3.30. The number of esters is 2. The molecule has 3 atom stereocenters. The Bertz CT molecular complexity index is 614. The van der Waals surface area contributed by atoms with Gasteiger partial charge in [0, 0.05) is 17.5 Å². The van der Waals surface area contributed by atoms with E-state index in [1.807, 2.05) is 0 Å². The van der Waals surface area contributed by atoms with Gasteiger partial charge in [-0.15, -0.1) is 0 Å². The van der Waals surface area contributed by atoms with Crippen LogP contribution in [0, 0.1) is 22.0 Å². The summed E-state index contributed by atoms with van der Waals surface area (Å²) in [6.07, 6.45) is 1.27. The molecule has 1 fully saturated rings. The standard InChI is InChI=1S/C16H19NO6/c1-22-15(18)10-7-8-12(16(19)23-2)13(9-10)11-5-3-4-6-14(11)17(20)21/h3-6,10,12-13H,7-9H2,1-2H3/t10-,12+,13-/m1/s1. The summed E-state index contributed by atoms with van der Waals surface area (Å²) in [5.41, 5.74) is 0.415. The van der Waals surface area contributed by atoms with Crippen LogP contribution in [0.15, 0.2) is 24.3 Å². The number of hydrogen-bond acceptors (Lipinski definition) is 6. The third kappa shape index (κ3) is 3.49. The van der Waals surface area contributed by atoms with Crippen molar-refractivity contribution >= 4 is 17.6 Å². The Morgan fingerprint density at radius 1 is 1.13 bits per heavy atom. The molecular weight excluding hydrogens is 302 g/mol. The van der Waals surface area contributed by atoms with Gasteiger partial charge in [-0.3, -0.25) is 19.7 Å². The van der Waals surface area contributed by atoms with Gasteiger partial charge < -0.3 is 9.47 Å². The van der Waals surface area contributed by atoms with Gasteiger partial charge in [-0.25, -0.2) is 0 Å². The Kier molecular flexibility index (Phi) is 5.31. The second-order valence-corrected chi connectivity index (χ2v) is 5.59. The predicted octanol–water partition coefficient (Wildman–Crippen LogP) is 2.44. The van der Waals surface area contributed by atoms with Crippen molar-refractivity contribution in [2.45, 2.75) is 25.2 Å². The van der Waals surface area contributed by atoms with Crippen molar-refractivity contribution < 1.29 is 24.0 Å². The largest absolute Gasteiger partial charge is 0.469 e. The van der Waals surface area contributed by atoms with E-state index in [4.69, 9.17) is 9.47 Å². The highest BCUT2D eigenvalue weighted by molar-refractivity contribution is 5.76. The SMILES string of the molecule is COC(=O)[C@@H]1CC[C@H](C(=O)OC)[C@@H](c2ccccc2[N+](=O)[O-])C1. The van der Waals surface area contributed by atoms with Crippen LogP contribution < -0.4 is 0 Å². The highest BCUT2D eigenvalue weighted by atomic mass is 16.6. The number of carbonyl (C=O) groups excluding carboxylic acids is 2. The minimum Gasteiger partial charge on any atom is -0.469 e. The first-order chi connectivity index (χ1) is 11.0. The highest BCUT2D eigenvalue weighted by Crippen LogP contribution is 2.44. The molecule has 0 saturated heterocycles. The van der Waals surface area contributed by atoms with Crippen molar-refractivity contribution in [1.29, 1.82) is 0 Å². The number of hydrogen-bond donors (Lipinski definition) is 0. The maximum atomic E-state index is 12.1. The van der Waals surface area contributed by atoms with E-state index in [0.717, 1.165) is 0 Å². The molecule has 0 bridgehead atoms. The van der Waals surface area contributed by atoms with Gasteiger partial charge in [0.25, 0.3) is 5.69 Å². The number of ether oxygens (including phenoxy) is 2. The lowest BCUT2D eigenvalue weighted by molar-refractivity contribution is -0.385. The van der Waals surface area contributed by atoms with E-state index in [2.05, 4.69) is 0 Å². The summed E-state index contributed by atoms with van der Waals surface area (Å²) in [7, 11) is 2.61. The van der Waals surface area contributed by atoms with Gasteiger partial charge in [0.05, 0.1) is 31.0 Å². The molecule has 0 amide bonds. The van der Waals surface area contributed by atoms with Crippen LogP contribution in [-0.4, -0.2) is 31.1 Å². The van der Waals surface area contributed by atoms with Crippen molar-refractivity contribution in [3.63, 3.8) is 0 Å². The van der Waals surface area contributed by atoms with E-state index >= 15 is 0 Å². The van der Waals surface area contributed by atoms with Crippen molar-refractivity contribution in [2.24, 2.45) is 11.8 Å². The fourth-order valence-electron chi connectivity index (χ4n) is 3.30. The molecule has 1 saturated carbocycles. The van der Waals surface area contributed by atoms with E-state index in [0.29, 0.717) is 24.8 Å². The summed E-state index contributed by atoms with van der Waals surface area (Å²) in [5, 5.41) is 11.3. The molecule has 1 aromatic rings. The van der Waals surface area contributed by atoms with Crippen LogP contribution in [0.5, 0.6) is 0 Å². The average Bonchev–Trinajstić information content (AvgIpc) is 2.59. The third-order valence-electron chi connectivity index (χ3n) is 4.42. The lowest BCUT2D eigenvalue weighted by Gasteiger charge is -2.33. The monoisotopic (exact) mass is 321 g/mol. The molecule has 23 heavy (non-hydrogen) atoms. The Morgan fingerprint density at radius 3 is 2.39 bits per heavy atom. The second-order valence-electron chi connectivity index (χ2n) is 5.59. The van der Waals surface area contributed by atoms with Gasteiger partial charge in [0.2, 0.25) is 0 Å². The first-order valence-electron chi connectivity index (χ1n) is 7.38. The number of nitro groups is 1. The maximum Gasteiger partial charge on any atom is 0.309 e. The smallest absolute Gasteiger partial charge is 0.309 e. The van der Waals surface area contributed by atoms with Crippen LogP contribution in [0.4, 0.5) is 5.69 Å². The van der Waals surface area contributed by atoms with Crippen LogP contribution in [0.1, 0.15) is 30.7 Å². The zero-order valence-corrected chi connectivity index (χ0v) is 13.1. The molecule has 7 nitrogen and oxygen atoms in total. The molecule has 1 aliphatic rings. The zero-order chi connectivity index (χ0) is 17.0. The quantitative estimate of drug-likeness (QED) is 0.480. The van der Waals surface area contributed by atoms with Gasteiger partial charge in [0.15, 0.2) is 0 Å². The normalized spacial score (nSPS) is 23.8. The summed E-state index contributed by atoms with van der Waals surface area (Å²) in [5.74, 6) is -2.07. The van der Waals surface area contributed by atoms with Crippen LogP contribution >= 0.6 is 0 Å². The van der Waals surface area contributed by atoms with E-state index in [9.17, 15) is 19.7 Å². The topological polar surface area (TPSA) is 95.7 Å². The van der Waals surface area contributed by atoms with Crippen molar-refractivity contribution in [2.75, 3.05) is 14.2 Å². The molecule has 0 unspecified atom stereocenters. The molecule has 0 aliphatic heterocycles. The summed E-state index contributed by atoms with van der Waals surface area (Å²) < 4.78 is 9.62. The van der Waals surface area contributed by atoms with E-state index in [1.54, 1.807) is 18.2 Å². The molecule has 0 aromatic heterocycles. The number of nitro benzene ring substituents is 1. The molecule has 2 rings (SSSR count). The first kappa shape index (κ1) is 16.9. The molecular formula is C16H19NO6. The van der Waals surface area contributed by atoms with Crippen LogP contribution in [0.2, 0.25) is 0 Å². The number of nitrogens with zero attached hydrogens (tertiary/aromatic N) is 1. The summed E-state index contributed by atoms with van der Waals surface area (Å²) in [4.78, 5) is 34.7. The third-order valence-corrected chi connectivity index (χ3v) is 4.42. The zero-order valence-electron chi connectivity index (χ0n) is 13.1. The molecule has 0 radical (unpaired) electrons. The van der Waals surface area contributed by atoms with Crippen molar-refractivity contribution in [3.05, 3.63) is 39.9 Å². The lowest BCUT2D eigenvalue weighted by Crippen LogP contribution is -2.33. The van der Waals surface area contributed by atoms with Crippen LogP contribution in [0.3, 0.4) is 0 Å². The predicted molar refractivity (Wildman–Crippen MR) is 80.7 cm³/mol. The first-order valence-corrected chi connectivity index (χ1v) is 7.38. The summed E-state index contributed by atoms with van der Waals surface area (Å²) in [6.45, 7) is 0. The van der Waals surface area contributed by atoms with Crippen molar-refractivity contribution in [1.82, 2.24) is 0 Å². The summed E-state index contributed by atoms with van der Waals surface area (Å²) >= 11 is 0. The van der Waals surface area contributed by atoms with E-state index in [1.165, 1.54) is 20.3 Å². The van der Waals surface area contributed by atoms with Crippen LogP contribution in [0.25, 0.3) is 0 Å². The lowest BCUT2D eigenvalue weighted by atomic mass is 9.70. The average molecular weight is 321 g/mol. The highest BCUT2D eigenvalue weighted by Gasteiger charge is 2.41. The molecule has 7 heteroatoms. The Hall–Kier alpha value is -2.44. The van der Waals surface area contributed by atoms with Crippen LogP contribution in [-0.2, 0) is 19.1 Å². The molecule has 1 aromatic carbocycles. The number of carbonyl (C=O) groups is 2. The minimum atomic E-state index is -0.498. The molecule has 0 spiro atoms. The van der Waals surface area contributed by atoms with E-state index < -0.39 is 22.7 Å². The molecule has 0 heterocycles. The van der Waals surface area contributed by atoms with Crippen molar-refractivity contribution in [3.8, 4) is 0 Å². The van der Waals surface area contributed by atoms with E-state index in [-0.39, 0.29) is 17.6 Å². The van der Waals surface area contributed by atoms with Gasteiger partial charge in [-0.2, -0.15) is 0 Å².